The van der Waals surface area contributed by atoms with Gasteiger partial charge in [0.2, 0.25) is 5.91 Å². The van der Waals surface area contributed by atoms with E-state index in [1.165, 1.54) is 5.56 Å². The lowest BCUT2D eigenvalue weighted by molar-refractivity contribution is -0.121. The van der Waals surface area contributed by atoms with Gasteiger partial charge in [-0.3, -0.25) is 4.79 Å². The number of hydrogen-bond donors (Lipinski definition) is 2. The molecule has 0 saturated carbocycles. The minimum atomic E-state index is 0.0837. The Labute approximate surface area is 103 Å². The first-order chi connectivity index (χ1) is 8.22. The molecule has 0 aromatic heterocycles. The van der Waals surface area contributed by atoms with Crippen molar-refractivity contribution < 1.29 is 4.79 Å². The van der Waals surface area contributed by atoms with Gasteiger partial charge in [0.25, 0.3) is 0 Å². The van der Waals surface area contributed by atoms with Crippen LogP contribution in [-0.4, -0.2) is 18.5 Å². The van der Waals surface area contributed by atoms with Crippen molar-refractivity contribution >= 4 is 5.91 Å². The number of aryl methyl sites for hydroxylation is 1. The first kappa shape index (κ1) is 13.7. The summed E-state index contributed by atoms with van der Waals surface area (Å²) >= 11 is 0. The Morgan fingerprint density at radius 2 is 2.06 bits per heavy atom. The number of nitrogens with two attached hydrogens (primary N) is 1. The fourth-order valence-electron chi connectivity index (χ4n) is 1.71. The Morgan fingerprint density at radius 1 is 1.35 bits per heavy atom. The highest BCUT2D eigenvalue weighted by molar-refractivity contribution is 5.76. The van der Waals surface area contributed by atoms with Crippen molar-refractivity contribution in [3.63, 3.8) is 0 Å². The van der Waals surface area contributed by atoms with Crippen LogP contribution in [0.1, 0.15) is 31.7 Å². The van der Waals surface area contributed by atoms with Crippen LogP contribution in [0.15, 0.2) is 30.3 Å². The van der Waals surface area contributed by atoms with Crippen LogP contribution >= 0.6 is 0 Å². The largest absolute Gasteiger partial charge is 0.355 e. The summed E-state index contributed by atoms with van der Waals surface area (Å²) in [6, 6.07) is 10.1. The zero-order valence-electron chi connectivity index (χ0n) is 10.5. The highest BCUT2D eigenvalue weighted by atomic mass is 16.1. The molecular formula is C14H22N2O. The van der Waals surface area contributed by atoms with Crippen LogP contribution in [0, 0.1) is 0 Å². The van der Waals surface area contributed by atoms with Crippen LogP contribution in [0.4, 0.5) is 0 Å². The number of nitrogens with one attached hydrogen (secondary N) is 1. The fourth-order valence-corrected chi connectivity index (χ4v) is 1.71. The van der Waals surface area contributed by atoms with E-state index in [-0.39, 0.29) is 11.9 Å². The third-order valence-electron chi connectivity index (χ3n) is 2.70. The average molecular weight is 234 g/mol. The predicted octanol–water partition coefficient (Wildman–Crippen LogP) is 1.86. The molecule has 0 heterocycles. The van der Waals surface area contributed by atoms with Crippen molar-refractivity contribution in [1.82, 2.24) is 5.32 Å². The minimum absolute atomic E-state index is 0.0837. The molecule has 1 aromatic carbocycles. The minimum Gasteiger partial charge on any atom is -0.355 e. The van der Waals surface area contributed by atoms with E-state index >= 15 is 0 Å². The molecule has 0 fully saturated rings. The van der Waals surface area contributed by atoms with Crippen molar-refractivity contribution in [2.24, 2.45) is 5.73 Å². The lowest BCUT2D eigenvalue weighted by Gasteiger charge is -2.11. The summed E-state index contributed by atoms with van der Waals surface area (Å²) in [5.41, 5.74) is 7.02. The molecule has 1 aromatic rings. The van der Waals surface area contributed by atoms with E-state index in [2.05, 4.69) is 12.2 Å². The zero-order valence-corrected chi connectivity index (χ0v) is 10.5. The highest BCUT2D eigenvalue weighted by Gasteiger charge is 2.05. The Kier molecular flexibility index (Phi) is 6.33. The third kappa shape index (κ3) is 6.07. The van der Waals surface area contributed by atoms with Gasteiger partial charge in [-0.1, -0.05) is 43.7 Å². The van der Waals surface area contributed by atoms with Gasteiger partial charge in [-0.15, -0.1) is 0 Å². The molecule has 0 saturated heterocycles. The van der Waals surface area contributed by atoms with Crippen molar-refractivity contribution in [3.8, 4) is 0 Å². The second-order valence-electron chi connectivity index (χ2n) is 4.34. The molecule has 0 radical (unpaired) electrons. The van der Waals surface area contributed by atoms with Gasteiger partial charge in [0.1, 0.15) is 0 Å². The Morgan fingerprint density at radius 3 is 2.71 bits per heavy atom. The molecule has 1 atom stereocenters. The van der Waals surface area contributed by atoms with E-state index in [9.17, 15) is 4.79 Å². The molecule has 17 heavy (non-hydrogen) atoms. The number of carbonyl (C=O) groups is 1. The van der Waals surface area contributed by atoms with Gasteiger partial charge in [-0.2, -0.15) is 0 Å². The van der Waals surface area contributed by atoms with Gasteiger partial charge in [-0.05, 0) is 18.4 Å². The van der Waals surface area contributed by atoms with Gasteiger partial charge in [0.15, 0.2) is 0 Å². The number of benzene rings is 1. The molecule has 1 rings (SSSR count). The van der Waals surface area contributed by atoms with Crippen molar-refractivity contribution in [2.75, 3.05) is 6.54 Å². The molecule has 0 bridgehead atoms. The standard InChI is InChI=1S/C14H22N2O/c1-2-6-13(15)11-16-14(17)10-9-12-7-4-3-5-8-12/h3-5,7-8,13H,2,6,9-11,15H2,1H3,(H,16,17). The van der Waals surface area contributed by atoms with Crippen LogP contribution in [-0.2, 0) is 11.2 Å². The normalized spacial score (nSPS) is 12.1. The topological polar surface area (TPSA) is 55.1 Å². The molecule has 3 nitrogen and oxygen atoms in total. The molecule has 3 N–H and O–H groups in total. The van der Waals surface area contributed by atoms with E-state index in [4.69, 9.17) is 5.73 Å². The Balaban J connectivity index is 2.17. The summed E-state index contributed by atoms with van der Waals surface area (Å²) in [6.45, 7) is 2.68. The first-order valence-electron chi connectivity index (χ1n) is 6.28. The van der Waals surface area contributed by atoms with E-state index in [1.54, 1.807) is 0 Å². The smallest absolute Gasteiger partial charge is 0.220 e. The lowest BCUT2D eigenvalue weighted by Crippen LogP contribution is -2.37. The summed E-state index contributed by atoms with van der Waals surface area (Å²) in [5.74, 6) is 0.0837. The maximum atomic E-state index is 11.6. The Hall–Kier alpha value is -1.35. The van der Waals surface area contributed by atoms with E-state index < -0.39 is 0 Å². The van der Waals surface area contributed by atoms with Crippen molar-refractivity contribution in [1.29, 1.82) is 0 Å². The summed E-state index contributed by atoms with van der Waals surface area (Å²) in [4.78, 5) is 11.6. The maximum Gasteiger partial charge on any atom is 0.220 e. The van der Waals surface area contributed by atoms with Crippen LogP contribution in [0.3, 0.4) is 0 Å². The molecule has 94 valence electrons. The first-order valence-corrected chi connectivity index (χ1v) is 6.28. The fraction of sp³-hybridized carbons (Fsp3) is 0.500. The molecule has 0 aliphatic rings. The van der Waals surface area contributed by atoms with Crippen LogP contribution < -0.4 is 11.1 Å². The second-order valence-corrected chi connectivity index (χ2v) is 4.34. The number of carbonyl (C=O) groups excluding carboxylic acids is 1. The molecule has 1 amide bonds. The maximum absolute atomic E-state index is 11.6. The van der Waals surface area contributed by atoms with Gasteiger partial charge < -0.3 is 11.1 Å². The van der Waals surface area contributed by atoms with Crippen LogP contribution in [0.5, 0.6) is 0 Å². The molecular weight excluding hydrogens is 212 g/mol. The SMILES string of the molecule is CCCC(N)CNC(=O)CCc1ccccc1. The van der Waals surface area contributed by atoms with Crippen LogP contribution in [0.2, 0.25) is 0 Å². The summed E-state index contributed by atoms with van der Waals surface area (Å²) < 4.78 is 0. The predicted molar refractivity (Wildman–Crippen MR) is 70.7 cm³/mol. The Bertz CT molecular complexity index is 324. The lowest BCUT2D eigenvalue weighted by atomic mass is 10.1. The van der Waals surface area contributed by atoms with Gasteiger partial charge in [0, 0.05) is 19.0 Å². The second kappa shape index (κ2) is 7.85. The molecule has 3 heteroatoms. The van der Waals surface area contributed by atoms with E-state index in [0.717, 1.165) is 19.3 Å². The molecule has 0 spiro atoms. The summed E-state index contributed by atoms with van der Waals surface area (Å²) in [7, 11) is 0. The monoisotopic (exact) mass is 234 g/mol. The summed E-state index contributed by atoms with van der Waals surface area (Å²) in [6.07, 6.45) is 3.33. The molecule has 1 unspecified atom stereocenters. The number of amides is 1. The van der Waals surface area contributed by atoms with E-state index in [0.29, 0.717) is 13.0 Å². The number of rotatable bonds is 7. The average Bonchev–Trinajstić information content (AvgIpc) is 2.35. The van der Waals surface area contributed by atoms with Crippen LogP contribution in [0.25, 0.3) is 0 Å². The quantitative estimate of drug-likeness (QED) is 0.756. The highest BCUT2D eigenvalue weighted by Crippen LogP contribution is 2.02. The van der Waals surface area contributed by atoms with E-state index in [1.807, 2.05) is 30.3 Å². The van der Waals surface area contributed by atoms with Gasteiger partial charge in [0.05, 0.1) is 0 Å². The van der Waals surface area contributed by atoms with Gasteiger partial charge >= 0.3 is 0 Å². The van der Waals surface area contributed by atoms with Crippen molar-refractivity contribution in [3.05, 3.63) is 35.9 Å². The number of hydrogen-bond acceptors (Lipinski definition) is 2. The van der Waals surface area contributed by atoms with Gasteiger partial charge in [-0.25, -0.2) is 0 Å². The summed E-state index contributed by atoms with van der Waals surface area (Å²) in [5, 5.41) is 2.87. The third-order valence-corrected chi connectivity index (χ3v) is 2.70. The van der Waals surface area contributed by atoms with Crippen molar-refractivity contribution in [2.45, 2.75) is 38.6 Å². The molecule has 0 aliphatic carbocycles. The zero-order chi connectivity index (χ0) is 12.5. The molecule has 0 aliphatic heterocycles.